The molecule has 30 heavy (non-hydrogen) atoms. The van der Waals surface area contributed by atoms with Crippen LogP contribution in [0.1, 0.15) is 33.1 Å². The van der Waals surface area contributed by atoms with Crippen LogP contribution in [-0.2, 0) is 4.79 Å². The van der Waals surface area contributed by atoms with Gasteiger partial charge in [-0.2, -0.15) is 0 Å². The second kappa shape index (κ2) is 9.15. The molecule has 1 aliphatic rings. The molecule has 3 N–H and O–H groups in total. The molecule has 0 saturated carbocycles. The first-order chi connectivity index (χ1) is 14.7. The van der Waals surface area contributed by atoms with E-state index in [9.17, 15) is 4.79 Å². The summed E-state index contributed by atoms with van der Waals surface area (Å²) in [6.07, 6.45) is 6.40. The van der Waals surface area contributed by atoms with Crippen molar-refractivity contribution in [2.45, 2.75) is 45.2 Å². The van der Waals surface area contributed by atoms with Crippen LogP contribution < -0.4 is 15.5 Å². The molecule has 4 rings (SSSR count). The minimum absolute atomic E-state index is 0.0644. The first-order valence-corrected chi connectivity index (χ1v) is 10.8. The van der Waals surface area contributed by atoms with Crippen molar-refractivity contribution in [1.82, 2.24) is 20.3 Å². The van der Waals surface area contributed by atoms with Gasteiger partial charge >= 0.3 is 0 Å². The van der Waals surface area contributed by atoms with Crippen molar-refractivity contribution in [1.29, 1.82) is 0 Å². The van der Waals surface area contributed by atoms with Gasteiger partial charge in [0.05, 0.1) is 5.39 Å². The highest BCUT2D eigenvalue weighted by atomic mass is 16.2. The Kier molecular flexibility index (Phi) is 6.16. The number of rotatable bonds is 7. The Balaban J connectivity index is 1.45. The van der Waals surface area contributed by atoms with Gasteiger partial charge in [0, 0.05) is 31.0 Å². The summed E-state index contributed by atoms with van der Waals surface area (Å²) in [6.45, 7) is 5.93. The average molecular weight is 407 g/mol. The van der Waals surface area contributed by atoms with E-state index in [1.807, 2.05) is 42.6 Å². The molecule has 7 heteroatoms. The van der Waals surface area contributed by atoms with Crippen molar-refractivity contribution in [2.24, 2.45) is 5.92 Å². The number of hydrogen-bond donors (Lipinski definition) is 3. The van der Waals surface area contributed by atoms with E-state index in [1.165, 1.54) is 0 Å². The molecule has 0 bridgehead atoms. The number of carbonyl (C=O) groups is 1. The third kappa shape index (κ3) is 4.40. The highest BCUT2D eigenvalue weighted by Gasteiger charge is 2.29. The molecule has 1 aliphatic heterocycles. The summed E-state index contributed by atoms with van der Waals surface area (Å²) in [7, 11) is 0. The Morgan fingerprint density at radius 3 is 2.90 bits per heavy atom. The second-order valence-corrected chi connectivity index (χ2v) is 8.10. The molecule has 0 aliphatic carbocycles. The Hall–Kier alpha value is -3.09. The maximum Gasteiger partial charge on any atom is 0.243 e. The molecule has 3 atom stereocenters. The molecule has 2 aromatic heterocycles. The summed E-state index contributed by atoms with van der Waals surface area (Å²) in [5.41, 5.74) is 1.81. The highest BCUT2D eigenvalue weighted by molar-refractivity contribution is 5.88. The van der Waals surface area contributed by atoms with E-state index < -0.39 is 0 Å². The number of H-pyrrole nitrogens is 1. The number of piperidine rings is 1. The topological polar surface area (TPSA) is 85.9 Å². The number of nitrogens with one attached hydrogen (secondary N) is 3. The predicted octanol–water partition coefficient (Wildman–Crippen LogP) is 3.57. The molecular formula is C23H30N6O. The summed E-state index contributed by atoms with van der Waals surface area (Å²) in [5.74, 6) is 1.22. The Morgan fingerprint density at radius 1 is 1.27 bits per heavy atom. The van der Waals surface area contributed by atoms with E-state index in [0.29, 0.717) is 0 Å². The van der Waals surface area contributed by atoms with Crippen LogP contribution >= 0.6 is 0 Å². The number of anilines is 2. The maximum absolute atomic E-state index is 13.2. The fourth-order valence-corrected chi connectivity index (χ4v) is 4.10. The minimum atomic E-state index is -0.261. The molecule has 1 fully saturated rings. The summed E-state index contributed by atoms with van der Waals surface area (Å²) in [6, 6.07) is 11.8. The molecule has 1 amide bonds. The fraction of sp³-hybridized carbons (Fsp3) is 0.435. The molecule has 1 saturated heterocycles. The van der Waals surface area contributed by atoms with Gasteiger partial charge < -0.3 is 20.5 Å². The Labute approximate surface area is 177 Å². The van der Waals surface area contributed by atoms with Crippen molar-refractivity contribution in [2.75, 3.05) is 23.3 Å². The molecule has 1 aromatic carbocycles. The van der Waals surface area contributed by atoms with Crippen molar-refractivity contribution < 1.29 is 4.79 Å². The third-order valence-electron chi connectivity index (χ3n) is 5.99. The lowest BCUT2D eigenvalue weighted by Crippen LogP contribution is -2.53. The standard InChI is InChI=1S/C23H30N6O/c1-3-16(2)20(27-17-8-5-4-6-9-17)23(30)28-18-10-7-13-29(14-18)22-19-11-12-24-21(19)25-15-26-22/h4-6,8-9,11-12,15-16,18,20,27H,3,7,10,13-14H2,1-2H3,(H,28,30)(H,24,25,26)/t16-,18-,20-/m1/s1. The van der Waals surface area contributed by atoms with Gasteiger partial charge in [-0.3, -0.25) is 4.79 Å². The van der Waals surface area contributed by atoms with Crippen LogP contribution in [0.2, 0.25) is 0 Å². The number of benzene rings is 1. The van der Waals surface area contributed by atoms with Crippen LogP contribution in [0.3, 0.4) is 0 Å². The van der Waals surface area contributed by atoms with Gasteiger partial charge in [0.2, 0.25) is 5.91 Å². The lowest BCUT2D eigenvalue weighted by molar-refractivity contribution is -0.123. The van der Waals surface area contributed by atoms with Crippen LogP contribution in [0.5, 0.6) is 0 Å². The van der Waals surface area contributed by atoms with Crippen molar-refractivity contribution in [3.63, 3.8) is 0 Å². The van der Waals surface area contributed by atoms with Crippen LogP contribution in [-0.4, -0.2) is 46.0 Å². The predicted molar refractivity (Wildman–Crippen MR) is 121 cm³/mol. The Morgan fingerprint density at radius 2 is 2.10 bits per heavy atom. The second-order valence-electron chi connectivity index (χ2n) is 8.10. The van der Waals surface area contributed by atoms with Gasteiger partial charge in [0.1, 0.15) is 23.8 Å². The van der Waals surface area contributed by atoms with Crippen molar-refractivity contribution in [3.05, 3.63) is 48.9 Å². The van der Waals surface area contributed by atoms with Gasteiger partial charge in [-0.15, -0.1) is 0 Å². The summed E-state index contributed by atoms with van der Waals surface area (Å²) in [4.78, 5) is 27.4. The molecule has 0 radical (unpaired) electrons. The zero-order valence-electron chi connectivity index (χ0n) is 17.6. The van der Waals surface area contributed by atoms with Gasteiger partial charge in [0.25, 0.3) is 0 Å². The SMILES string of the molecule is CC[C@@H](C)[C@@H](Nc1ccccc1)C(=O)N[C@@H]1CCCN(c2ncnc3[nH]ccc23)C1. The van der Waals surface area contributed by atoms with E-state index >= 15 is 0 Å². The number of aromatic nitrogens is 3. The quantitative estimate of drug-likeness (QED) is 0.558. The fourth-order valence-electron chi connectivity index (χ4n) is 4.10. The lowest BCUT2D eigenvalue weighted by atomic mass is 9.96. The van der Waals surface area contributed by atoms with E-state index in [1.54, 1.807) is 6.33 Å². The molecule has 3 heterocycles. The first kappa shape index (κ1) is 20.2. The molecule has 0 spiro atoms. The highest BCUT2D eigenvalue weighted by Crippen LogP contribution is 2.25. The first-order valence-electron chi connectivity index (χ1n) is 10.8. The third-order valence-corrected chi connectivity index (χ3v) is 5.99. The molecular weight excluding hydrogens is 376 g/mol. The van der Waals surface area contributed by atoms with Crippen molar-refractivity contribution >= 4 is 28.4 Å². The lowest BCUT2D eigenvalue weighted by Gasteiger charge is -2.35. The normalized spacial score (nSPS) is 18.7. The maximum atomic E-state index is 13.2. The monoisotopic (exact) mass is 406 g/mol. The summed E-state index contributed by atoms with van der Waals surface area (Å²) in [5, 5.41) is 7.76. The van der Waals surface area contributed by atoms with Crippen LogP contribution in [0.4, 0.5) is 11.5 Å². The zero-order chi connectivity index (χ0) is 20.9. The summed E-state index contributed by atoms with van der Waals surface area (Å²) >= 11 is 0. The van der Waals surface area contributed by atoms with E-state index in [0.717, 1.165) is 54.9 Å². The zero-order valence-corrected chi connectivity index (χ0v) is 17.6. The van der Waals surface area contributed by atoms with E-state index in [4.69, 9.17) is 0 Å². The van der Waals surface area contributed by atoms with Crippen LogP contribution in [0, 0.1) is 5.92 Å². The van der Waals surface area contributed by atoms with Crippen molar-refractivity contribution in [3.8, 4) is 0 Å². The Bertz CT molecular complexity index is 972. The van der Waals surface area contributed by atoms with Crippen LogP contribution in [0.15, 0.2) is 48.9 Å². The number of aromatic amines is 1. The number of carbonyl (C=O) groups excluding carboxylic acids is 1. The van der Waals surface area contributed by atoms with Gasteiger partial charge in [0.15, 0.2) is 0 Å². The summed E-state index contributed by atoms with van der Waals surface area (Å²) < 4.78 is 0. The molecule has 0 unspecified atom stereocenters. The minimum Gasteiger partial charge on any atom is -0.373 e. The number of amides is 1. The number of fused-ring (bicyclic) bond motifs is 1. The number of hydrogen-bond acceptors (Lipinski definition) is 5. The average Bonchev–Trinajstić information content (AvgIpc) is 3.27. The van der Waals surface area contributed by atoms with Gasteiger partial charge in [-0.25, -0.2) is 9.97 Å². The van der Waals surface area contributed by atoms with E-state index in [-0.39, 0.29) is 23.9 Å². The smallest absolute Gasteiger partial charge is 0.243 e. The molecule has 3 aromatic rings. The molecule has 7 nitrogen and oxygen atoms in total. The number of nitrogens with zero attached hydrogens (tertiary/aromatic N) is 3. The van der Waals surface area contributed by atoms with Gasteiger partial charge in [-0.1, -0.05) is 38.5 Å². The van der Waals surface area contributed by atoms with Gasteiger partial charge in [-0.05, 0) is 37.0 Å². The van der Waals surface area contributed by atoms with Crippen LogP contribution in [0.25, 0.3) is 11.0 Å². The van der Waals surface area contributed by atoms with E-state index in [2.05, 4.69) is 44.3 Å². The molecule has 158 valence electrons. The largest absolute Gasteiger partial charge is 0.373 e. The number of para-hydroxylation sites is 1.